The molecule has 0 spiro atoms. The van der Waals surface area contributed by atoms with E-state index >= 15 is 0 Å². The second-order valence-corrected chi connectivity index (χ2v) is 5.82. The van der Waals surface area contributed by atoms with Crippen molar-refractivity contribution in [3.8, 4) is 0 Å². The molecule has 0 aliphatic carbocycles. The van der Waals surface area contributed by atoms with E-state index in [1.807, 2.05) is 0 Å². The quantitative estimate of drug-likeness (QED) is 0.761. The Balaban J connectivity index is 3.08. The lowest BCUT2D eigenvalue weighted by atomic mass is 10.1. The van der Waals surface area contributed by atoms with Crippen molar-refractivity contribution in [2.75, 3.05) is 0 Å². The molecule has 1 N–H and O–H groups in total. The fourth-order valence-corrected chi connectivity index (χ4v) is 1.76. The van der Waals surface area contributed by atoms with Crippen LogP contribution in [0.4, 0.5) is 0 Å². The van der Waals surface area contributed by atoms with Crippen LogP contribution in [-0.2, 0) is 0 Å². The highest BCUT2D eigenvalue weighted by molar-refractivity contribution is 6.68. The zero-order chi connectivity index (χ0) is 10.9. The molecule has 0 aliphatic rings. The Morgan fingerprint density at radius 2 is 1.71 bits per heavy atom. The van der Waals surface area contributed by atoms with Gasteiger partial charge < -0.3 is 5.11 Å². The van der Waals surface area contributed by atoms with E-state index in [1.165, 1.54) is 12.1 Å². The van der Waals surface area contributed by atoms with Crippen LogP contribution in [0.15, 0.2) is 18.2 Å². The second-order valence-electron chi connectivity index (χ2n) is 2.61. The van der Waals surface area contributed by atoms with E-state index in [9.17, 15) is 5.11 Å². The second kappa shape index (κ2) is 4.65. The molecule has 0 radical (unpaired) electrons. The van der Waals surface area contributed by atoms with Gasteiger partial charge in [-0.25, -0.2) is 0 Å². The highest BCUT2D eigenvalue weighted by Gasteiger charge is 2.33. The van der Waals surface area contributed by atoms with Crippen molar-refractivity contribution in [2.24, 2.45) is 0 Å². The fourth-order valence-electron chi connectivity index (χ4n) is 0.900. The van der Waals surface area contributed by atoms with Crippen molar-refractivity contribution in [1.82, 2.24) is 0 Å². The predicted octanol–water partition coefficient (Wildman–Crippen LogP) is 4.40. The molecule has 0 heterocycles. The molecule has 0 fully saturated rings. The van der Waals surface area contributed by atoms with E-state index in [2.05, 4.69) is 0 Å². The van der Waals surface area contributed by atoms with Gasteiger partial charge in [-0.1, -0.05) is 64.1 Å². The third-order valence-electron chi connectivity index (χ3n) is 1.57. The number of aliphatic hydroxyl groups excluding tert-OH is 1. The summed E-state index contributed by atoms with van der Waals surface area (Å²) in [5.74, 6) is 0. The van der Waals surface area contributed by atoms with Crippen LogP contribution in [0.2, 0.25) is 10.0 Å². The van der Waals surface area contributed by atoms with Crippen LogP contribution < -0.4 is 0 Å². The van der Waals surface area contributed by atoms with Crippen molar-refractivity contribution >= 4 is 58.0 Å². The summed E-state index contributed by atoms with van der Waals surface area (Å²) < 4.78 is -1.81. The van der Waals surface area contributed by atoms with Gasteiger partial charge in [0.2, 0.25) is 3.79 Å². The van der Waals surface area contributed by atoms with Crippen molar-refractivity contribution in [3.63, 3.8) is 0 Å². The van der Waals surface area contributed by atoms with Crippen LogP contribution in [0.5, 0.6) is 0 Å². The summed E-state index contributed by atoms with van der Waals surface area (Å²) in [5.41, 5.74) is 0.330. The molecule has 14 heavy (non-hydrogen) atoms. The maximum Gasteiger partial charge on any atom is 0.220 e. The van der Waals surface area contributed by atoms with Gasteiger partial charge in [0.15, 0.2) is 0 Å². The Bertz CT molecular complexity index is 333. The van der Waals surface area contributed by atoms with Gasteiger partial charge in [0, 0.05) is 15.6 Å². The molecule has 0 bridgehead atoms. The highest BCUT2D eigenvalue weighted by Crippen LogP contribution is 2.42. The van der Waals surface area contributed by atoms with Crippen LogP contribution >= 0.6 is 58.0 Å². The lowest BCUT2D eigenvalue weighted by Gasteiger charge is -2.20. The van der Waals surface area contributed by atoms with E-state index in [-0.39, 0.29) is 5.02 Å². The van der Waals surface area contributed by atoms with Crippen LogP contribution in [0.3, 0.4) is 0 Å². The standard InChI is InChI=1S/C8H5Cl5O/c9-4-1-2-5(6(10)3-4)7(14)8(11,12)13/h1-3,7,14H. The third-order valence-corrected chi connectivity index (χ3v) is 2.75. The summed E-state index contributed by atoms with van der Waals surface area (Å²) in [5, 5.41) is 10.3. The van der Waals surface area contributed by atoms with Gasteiger partial charge in [0.1, 0.15) is 6.10 Å². The fraction of sp³-hybridized carbons (Fsp3) is 0.250. The minimum absolute atomic E-state index is 0.260. The molecule has 1 unspecified atom stereocenters. The lowest BCUT2D eigenvalue weighted by Crippen LogP contribution is -2.16. The summed E-state index contributed by atoms with van der Waals surface area (Å²) in [6, 6.07) is 4.54. The van der Waals surface area contributed by atoms with Gasteiger partial charge in [-0.15, -0.1) is 0 Å². The van der Waals surface area contributed by atoms with Gasteiger partial charge in [-0.2, -0.15) is 0 Å². The number of alkyl halides is 3. The van der Waals surface area contributed by atoms with Crippen molar-refractivity contribution in [1.29, 1.82) is 0 Å². The average Bonchev–Trinajstić information content (AvgIpc) is 2.01. The smallest absolute Gasteiger partial charge is 0.220 e. The van der Waals surface area contributed by atoms with E-state index in [1.54, 1.807) is 6.07 Å². The number of hydrogen-bond donors (Lipinski definition) is 1. The molecule has 0 saturated carbocycles. The minimum atomic E-state index is -1.81. The Hall–Kier alpha value is 0.630. The van der Waals surface area contributed by atoms with Crippen LogP contribution in [0.25, 0.3) is 0 Å². The van der Waals surface area contributed by atoms with Gasteiger partial charge in [0.25, 0.3) is 0 Å². The molecule has 0 amide bonds. The molecule has 0 aliphatic heterocycles. The topological polar surface area (TPSA) is 20.2 Å². The lowest BCUT2D eigenvalue weighted by molar-refractivity contribution is 0.182. The maximum absolute atomic E-state index is 9.61. The number of hydrogen-bond acceptors (Lipinski definition) is 1. The average molecular weight is 294 g/mol. The normalized spacial score (nSPS) is 14.1. The number of halogens is 5. The maximum atomic E-state index is 9.61. The first-order chi connectivity index (χ1) is 6.32. The molecule has 78 valence electrons. The van der Waals surface area contributed by atoms with Gasteiger partial charge in [0.05, 0.1) is 0 Å². The summed E-state index contributed by atoms with van der Waals surface area (Å²) in [7, 11) is 0. The molecule has 1 aromatic rings. The molecule has 6 heteroatoms. The molecule has 1 nitrogen and oxygen atoms in total. The summed E-state index contributed by atoms with van der Waals surface area (Å²) >= 11 is 28.0. The Kier molecular flexibility index (Phi) is 4.22. The largest absolute Gasteiger partial charge is 0.384 e. The van der Waals surface area contributed by atoms with Gasteiger partial charge in [-0.05, 0) is 12.1 Å². The van der Waals surface area contributed by atoms with Gasteiger partial charge >= 0.3 is 0 Å². The van der Waals surface area contributed by atoms with E-state index in [0.29, 0.717) is 10.6 Å². The SMILES string of the molecule is OC(c1ccc(Cl)cc1Cl)C(Cl)(Cl)Cl. The zero-order valence-corrected chi connectivity index (χ0v) is 10.4. The third kappa shape index (κ3) is 3.06. The number of benzene rings is 1. The van der Waals surface area contributed by atoms with E-state index in [0.717, 1.165) is 0 Å². The molecule has 1 atom stereocenters. The summed E-state index contributed by atoms with van der Waals surface area (Å²) in [6.45, 7) is 0. The monoisotopic (exact) mass is 292 g/mol. The minimum Gasteiger partial charge on any atom is -0.384 e. The highest BCUT2D eigenvalue weighted by atomic mass is 35.6. The first-order valence-corrected chi connectivity index (χ1v) is 5.41. The summed E-state index contributed by atoms with van der Waals surface area (Å²) in [6.07, 6.45) is -1.28. The van der Waals surface area contributed by atoms with E-state index in [4.69, 9.17) is 58.0 Å². The molecule has 1 aromatic carbocycles. The Labute approximate surface area is 106 Å². The van der Waals surface area contributed by atoms with Crippen LogP contribution in [0.1, 0.15) is 11.7 Å². The molecule has 0 aromatic heterocycles. The predicted molar refractivity (Wildman–Crippen MR) is 61.7 cm³/mol. The zero-order valence-electron chi connectivity index (χ0n) is 6.65. The van der Waals surface area contributed by atoms with Crippen molar-refractivity contribution in [3.05, 3.63) is 33.8 Å². The van der Waals surface area contributed by atoms with Crippen LogP contribution in [-0.4, -0.2) is 8.90 Å². The van der Waals surface area contributed by atoms with Crippen molar-refractivity contribution in [2.45, 2.75) is 9.90 Å². The van der Waals surface area contributed by atoms with Crippen molar-refractivity contribution < 1.29 is 5.11 Å². The van der Waals surface area contributed by atoms with Gasteiger partial charge in [-0.3, -0.25) is 0 Å². The number of rotatable bonds is 1. The van der Waals surface area contributed by atoms with E-state index < -0.39 is 9.90 Å². The first-order valence-electron chi connectivity index (χ1n) is 3.52. The first kappa shape index (κ1) is 12.7. The Morgan fingerprint density at radius 1 is 1.14 bits per heavy atom. The van der Waals surface area contributed by atoms with Crippen LogP contribution in [0, 0.1) is 0 Å². The number of aliphatic hydroxyl groups is 1. The molecular formula is C8H5Cl5O. The molecule has 1 rings (SSSR count). The molecular weight excluding hydrogens is 289 g/mol. The molecule has 0 saturated heterocycles. The Morgan fingerprint density at radius 3 is 2.14 bits per heavy atom. The summed E-state index contributed by atoms with van der Waals surface area (Å²) in [4.78, 5) is 0.